The first-order valence-electron chi connectivity index (χ1n) is 18.5. The van der Waals surface area contributed by atoms with Crippen molar-refractivity contribution < 1.29 is 0 Å². The Morgan fingerprint density at radius 2 is 0.962 bits per heavy atom. The number of hydrogen-bond donors (Lipinski definition) is 0. The quantitative estimate of drug-likeness (QED) is 0.154. The maximum Gasteiger partial charge on any atom is 0.0433 e. The van der Waals surface area contributed by atoms with E-state index in [4.69, 9.17) is 0 Å². The SMILES string of the molecule is C/C=C\c1sc2c(-c3cc(C)cc(-c4ccc(-c5cccc(-c6cc(C)cc(-c7cccc8c7sc7ccccc78)c6)c5)cc4)c3)cccc2c1CC. The summed E-state index contributed by atoms with van der Waals surface area (Å²) >= 11 is 3.81. The lowest BCUT2D eigenvalue weighted by Gasteiger charge is -2.12. The highest BCUT2D eigenvalue weighted by Crippen LogP contribution is 2.43. The number of rotatable bonds is 7. The lowest BCUT2D eigenvalue weighted by Crippen LogP contribution is -1.87. The van der Waals surface area contributed by atoms with Crippen LogP contribution in [0, 0.1) is 13.8 Å². The fourth-order valence-electron chi connectivity index (χ4n) is 7.99. The van der Waals surface area contributed by atoms with Crippen LogP contribution in [0.2, 0.25) is 0 Å². The summed E-state index contributed by atoms with van der Waals surface area (Å²) in [6.45, 7) is 8.79. The van der Waals surface area contributed by atoms with E-state index in [0.29, 0.717) is 0 Å². The van der Waals surface area contributed by atoms with Gasteiger partial charge in [0.05, 0.1) is 0 Å². The summed E-state index contributed by atoms with van der Waals surface area (Å²) in [4.78, 5) is 1.37. The minimum absolute atomic E-state index is 1.04. The van der Waals surface area contributed by atoms with Crippen molar-refractivity contribution in [2.24, 2.45) is 0 Å². The molecule has 0 spiro atoms. The standard InChI is InChI=1S/C51H40S2/c1-5-12-48-42(6-2)46-18-10-16-43(50(46)52-48)40-27-32(3)25-38(30-40)35-23-21-34(22-24-35)36-13-9-14-37(29-36)39-26-33(4)28-41(31-39)44-17-11-19-47-45-15-7-8-20-49(45)53-51(44)47/h5,7-31H,6H2,1-4H3/b12-5-. The van der Waals surface area contributed by atoms with Gasteiger partial charge in [0.1, 0.15) is 0 Å². The van der Waals surface area contributed by atoms with Crippen LogP contribution in [0.4, 0.5) is 0 Å². The van der Waals surface area contributed by atoms with E-state index in [2.05, 4.69) is 185 Å². The molecule has 0 amide bonds. The molecule has 0 fully saturated rings. The van der Waals surface area contributed by atoms with Gasteiger partial charge in [0, 0.05) is 29.7 Å². The van der Waals surface area contributed by atoms with Gasteiger partial charge >= 0.3 is 0 Å². The number of aryl methyl sites for hydroxylation is 3. The molecule has 0 aliphatic rings. The number of hydrogen-bond acceptors (Lipinski definition) is 2. The Labute approximate surface area is 320 Å². The zero-order valence-electron chi connectivity index (χ0n) is 30.5. The number of benzene rings is 7. The van der Waals surface area contributed by atoms with Gasteiger partial charge < -0.3 is 0 Å². The molecule has 0 aliphatic carbocycles. The molecule has 0 radical (unpaired) electrons. The summed E-state index contributed by atoms with van der Waals surface area (Å²) in [5.41, 5.74) is 16.6. The van der Waals surface area contributed by atoms with Crippen molar-refractivity contribution in [3.8, 4) is 55.6 Å². The van der Waals surface area contributed by atoms with Gasteiger partial charge in [-0.3, -0.25) is 0 Å². The Bertz CT molecular complexity index is 2840. The van der Waals surface area contributed by atoms with E-state index in [1.54, 1.807) is 0 Å². The molecule has 9 aromatic rings. The maximum absolute atomic E-state index is 2.37. The molecule has 2 heteroatoms. The van der Waals surface area contributed by atoms with Gasteiger partial charge in [-0.25, -0.2) is 0 Å². The first-order chi connectivity index (χ1) is 26.0. The van der Waals surface area contributed by atoms with E-state index >= 15 is 0 Å². The van der Waals surface area contributed by atoms with Crippen LogP contribution in [0.25, 0.3) is 92.0 Å². The second-order valence-corrected chi connectivity index (χ2v) is 16.2. The normalized spacial score (nSPS) is 11.8. The second-order valence-electron chi connectivity index (χ2n) is 14.1. The third kappa shape index (κ3) is 6.12. The number of allylic oxidation sites excluding steroid dienone is 1. The van der Waals surface area contributed by atoms with Crippen molar-refractivity contribution in [2.45, 2.75) is 34.1 Å². The molecular formula is C51H40S2. The van der Waals surface area contributed by atoms with Crippen molar-refractivity contribution in [2.75, 3.05) is 0 Å². The minimum atomic E-state index is 1.04. The van der Waals surface area contributed by atoms with Crippen LogP contribution >= 0.6 is 22.7 Å². The topological polar surface area (TPSA) is 0 Å². The maximum atomic E-state index is 2.37. The van der Waals surface area contributed by atoms with E-state index < -0.39 is 0 Å². The molecule has 9 rings (SSSR count). The van der Waals surface area contributed by atoms with Crippen LogP contribution < -0.4 is 0 Å². The molecular weight excluding hydrogens is 677 g/mol. The van der Waals surface area contributed by atoms with Gasteiger partial charge in [-0.15, -0.1) is 22.7 Å². The Morgan fingerprint density at radius 1 is 0.453 bits per heavy atom. The van der Waals surface area contributed by atoms with E-state index in [9.17, 15) is 0 Å². The fourth-order valence-corrected chi connectivity index (χ4v) is 10.6. The van der Waals surface area contributed by atoms with Crippen LogP contribution in [0.1, 0.15) is 35.4 Å². The molecule has 0 atom stereocenters. The van der Waals surface area contributed by atoms with Crippen molar-refractivity contribution >= 4 is 59.0 Å². The highest BCUT2D eigenvalue weighted by molar-refractivity contribution is 7.26. The third-order valence-electron chi connectivity index (χ3n) is 10.4. The lowest BCUT2D eigenvalue weighted by molar-refractivity contribution is 1.17. The van der Waals surface area contributed by atoms with E-state index in [1.165, 1.54) is 107 Å². The van der Waals surface area contributed by atoms with Crippen molar-refractivity contribution in [1.82, 2.24) is 0 Å². The predicted octanol–water partition coefficient (Wildman–Crippen LogP) is 15.8. The number of fused-ring (bicyclic) bond motifs is 4. The molecule has 0 saturated heterocycles. The van der Waals surface area contributed by atoms with Gasteiger partial charge in [-0.05, 0) is 135 Å². The van der Waals surface area contributed by atoms with Gasteiger partial charge in [0.15, 0.2) is 0 Å². The molecule has 0 aliphatic heterocycles. The summed E-state index contributed by atoms with van der Waals surface area (Å²) < 4.78 is 4.07. The van der Waals surface area contributed by atoms with Crippen LogP contribution in [0.15, 0.2) is 152 Å². The molecule has 0 nitrogen and oxygen atoms in total. The number of thiophene rings is 2. The van der Waals surface area contributed by atoms with Crippen LogP contribution in [-0.4, -0.2) is 0 Å². The predicted molar refractivity (Wildman–Crippen MR) is 235 cm³/mol. The summed E-state index contributed by atoms with van der Waals surface area (Å²) in [6, 6.07) is 54.4. The molecule has 0 bridgehead atoms. The highest BCUT2D eigenvalue weighted by atomic mass is 32.1. The Hall–Kier alpha value is -5.54. The summed E-state index contributed by atoms with van der Waals surface area (Å²) in [5.74, 6) is 0. The van der Waals surface area contributed by atoms with E-state index in [1.807, 2.05) is 22.7 Å². The monoisotopic (exact) mass is 716 g/mol. The van der Waals surface area contributed by atoms with Crippen molar-refractivity contribution in [3.63, 3.8) is 0 Å². The first kappa shape index (κ1) is 33.3. The summed E-state index contributed by atoms with van der Waals surface area (Å²) in [7, 11) is 0. The average Bonchev–Trinajstić information content (AvgIpc) is 3.75. The molecule has 0 unspecified atom stereocenters. The Morgan fingerprint density at radius 3 is 1.62 bits per heavy atom. The van der Waals surface area contributed by atoms with Crippen LogP contribution in [-0.2, 0) is 6.42 Å². The van der Waals surface area contributed by atoms with Gasteiger partial charge in [-0.2, -0.15) is 0 Å². The van der Waals surface area contributed by atoms with Crippen molar-refractivity contribution in [3.05, 3.63) is 173 Å². The zero-order valence-corrected chi connectivity index (χ0v) is 32.2. The lowest BCUT2D eigenvalue weighted by atomic mass is 9.93. The summed E-state index contributed by atoms with van der Waals surface area (Å²) in [6.07, 6.45) is 5.45. The second kappa shape index (κ2) is 13.8. The van der Waals surface area contributed by atoms with Crippen LogP contribution in [0.3, 0.4) is 0 Å². The molecule has 0 N–H and O–H groups in total. The molecule has 2 heterocycles. The summed E-state index contributed by atoms with van der Waals surface area (Å²) in [5, 5.41) is 4.06. The van der Waals surface area contributed by atoms with Gasteiger partial charge in [0.25, 0.3) is 0 Å². The molecule has 0 saturated carbocycles. The van der Waals surface area contributed by atoms with E-state index in [-0.39, 0.29) is 0 Å². The smallest absolute Gasteiger partial charge is 0.0433 e. The highest BCUT2D eigenvalue weighted by Gasteiger charge is 2.15. The average molecular weight is 717 g/mol. The molecule has 2 aromatic heterocycles. The van der Waals surface area contributed by atoms with Gasteiger partial charge in [0.2, 0.25) is 0 Å². The van der Waals surface area contributed by atoms with E-state index in [0.717, 1.165) is 6.42 Å². The van der Waals surface area contributed by atoms with Crippen LogP contribution in [0.5, 0.6) is 0 Å². The minimum Gasteiger partial charge on any atom is -0.135 e. The fraction of sp³-hybridized carbons (Fsp3) is 0.0980. The Balaban J connectivity index is 1.04. The van der Waals surface area contributed by atoms with Gasteiger partial charge in [-0.1, -0.05) is 134 Å². The zero-order chi connectivity index (χ0) is 36.1. The first-order valence-corrected chi connectivity index (χ1v) is 20.1. The molecule has 53 heavy (non-hydrogen) atoms. The van der Waals surface area contributed by atoms with Crippen molar-refractivity contribution in [1.29, 1.82) is 0 Å². The largest absolute Gasteiger partial charge is 0.135 e. The molecule has 7 aromatic carbocycles. The Kier molecular flexibility index (Phi) is 8.66. The molecule has 256 valence electrons. The third-order valence-corrected chi connectivity index (χ3v) is 12.9.